The maximum absolute atomic E-state index is 5.13. The van der Waals surface area contributed by atoms with Crippen LogP contribution in [0.4, 0.5) is 0 Å². The molecule has 0 aromatic rings. The van der Waals surface area contributed by atoms with Crippen LogP contribution in [0.2, 0.25) is 0 Å². The molecule has 0 aliphatic heterocycles. The van der Waals surface area contributed by atoms with E-state index >= 15 is 0 Å². The van der Waals surface area contributed by atoms with Crippen molar-refractivity contribution in [2.45, 2.75) is 46.5 Å². The number of hydrogen-bond donors (Lipinski definition) is 0. The second-order valence-corrected chi connectivity index (χ2v) is 5.31. The van der Waals surface area contributed by atoms with E-state index in [0.29, 0.717) is 11.3 Å². The Morgan fingerprint density at radius 2 is 2.27 bits per heavy atom. The molecular weight excluding hydrogens is 184 g/mol. The van der Waals surface area contributed by atoms with E-state index in [9.17, 15) is 0 Å². The van der Waals surface area contributed by atoms with Crippen LogP contribution < -0.4 is 0 Å². The maximum atomic E-state index is 5.13. The van der Waals surface area contributed by atoms with Gasteiger partial charge in [-0.05, 0) is 37.5 Å². The summed E-state index contributed by atoms with van der Waals surface area (Å²) >= 11 is 0. The van der Waals surface area contributed by atoms with Crippen LogP contribution in [0.25, 0.3) is 0 Å². The molecule has 0 N–H and O–H groups in total. The molecule has 1 heteroatoms. The molecule has 0 amide bonds. The standard InChI is InChI=1S/C14H24O/c1-11-7-6-10-14(3,4)13(11)9-8-12(2)15-5/h7,13H,2,6,8-10H2,1,3-5H3. The van der Waals surface area contributed by atoms with Gasteiger partial charge in [0.15, 0.2) is 0 Å². The van der Waals surface area contributed by atoms with E-state index in [2.05, 4.69) is 33.4 Å². The van der Waals surface area contributed by atoms with E-state index in [1.807, 2.05) is 0 Å². The molecule has 0 saturated heterocycles. The van der Waals surface area contributed by atoms with Gasteiger partial charge in [-0.1, -0.05) is 32.1 Å². The first-order valence-corrected chi connectivity index (χ1v) is 5.86. The summed E-state index contributed by atoms with van der Waals surface area (Å²) < 4.78 is 5.13. The van der Waals surface area contributed by atoms with Gasteiger partial charge in [0.25, 0.3) is 0 Å². The lowest BCUT2D eigenvalue weighted by atomic mass is 9.67. The number of ether oxygens (including phenoxy) is 1. The Hall–Kier alpha value is -0.720. The predicted octanol–water partition coefficient (Wildman–Crippen LogP) is 4.31. The SMILES string of the molecule is C=C(CCC1C(C)=CCCC1(C)C)OC. The van der Waals surface area contributed by atoms with E-state index in [0.717, 1.165) is 12.2 Å². The van der Waals surface area contributed by atoms with E-state index < -0.39 is 0 Å². The van der Waals surface area contributed by atoms with Crippen molar-refractivity contribution in [1.29, 1.82) is 0 Å². The van der Waals surface area contributed by atoms with Crippen LogP contribution in [0.5, 0.6) is 0 Å². The van der Waals surface area contributed by atoms with Crippen molar-refractivity contribution in [1.82, 2.24) is 0 Å². The Labute approximate surface area is 94.2 Å². The van der Waals surface area contributed by atoms with Crippen LogP contribution in [0, 0.1) is 11.3 Å². The number of hydrogen-bond acceptors (Lipinski definition) is 1. The van der Waals surface area contributed by atoms with Crippen molar-refractivity contribution in [2.24, 2.45) is 11.3 Å². The summed E-state index contributed by atoms with van der Waals surface area (Å²) in [7, 11) is 1.71. The fourth-order valence-electron chi connectivity index (χ4n) is 2.63. The first kappa shape index (κ1) is 12.4. The van der Waals surface area contributed by atoms with Gasteiger partial charge in [-0.15, -0.1) is 0 Å². The minimum absolute atomic E-state index is 0.437. The van der Waals surface area contributed by atoms with Gasteiger partial charge in [0.2, 0.25) is 0 Å². The van der Waals surface area contributed by atoms with Crippen LogP contribution in [0.3, 0.4) is 0 Å². The predicted molar refractivity (Wildman–Crippen MR) is 65.6 cm³/mol. The monoisotopic (exact) mass is 208 g/mol. The molecule has 0 aromatic carbocycles. The van der Waals surface area contributed by atoms with Gasteiger partial charge in [-0.3, -0.25) is 0 Å². The van der Waals surface area contributed by atoms with E-state index in [1.165, 1.54) is 19.3 Å². The van der Waals surface area contributed by atoms with Gasteiger partial charge in [0.1, 0.15) is 0 Å². The molecule has 15 heavy (non-hydrogen) atoms. The Bertz CT molecular complexity index is 261. The van der Waals surface area contributed by atoms with Crippen LogP contribution in [-0.4, -0.2) is 7.11 Å². The van der Waals surface area contributed by atoms with E-state index in [1.54, 1.807) is 12.7 Å². The van der Waals surface area contributed by atoms with Gasteiger partial charge in [0.05, 0.1) is 12.9 Å². The van der Waals surface area contributed by atoms with E-state index in [4.69, 9.17) is 4.74 Å². The fourth-order valence-corrected chi connectivity index (χ4v) is 2.63. The Balaban J connectivity index is 2.60. The quantitative estimate of drug-likeness (QED) is 0.494. The first-order chi connectivity index (χ1) is 6.97. The number of methoxy groups -OCH3 is 1. The lowest BCUT2D eigenvalue weighted by Crippen LogP contribution is -2.27. The van der Waals surface area contributed by atoms with Gasteiger partial charge < -0.3 is 4.74 Å². The molecule has 1 aliphatic rings. The van der Waals surface area contributed by atoms with Crippen molar-refractivity contribution in [3.63, 3.8) is 0 Å². The number of allylic oxidation sites excluding steroid dienone is 3. The minimum Gasteiger partial charge on any atom is -0.502 e. The molecule has 0 heterocycles. The van der Waals surface area contributed by atoms with Gasteiger partial charge in [-0.2, -0.15) is 0 Å². The highest BCUT2D eigenvalue weighted by Gasteiger charge is 2.32. The summed E-state index contributed by atoms with van der Waals surface area (Å²) in [5.41, 5.74) is 1.99. The summed E-state index contributed by atoms with van der Waals surface area (Å²) in [6, 6.07) is 0. The third kappa shape index (κ3) is 3.12. The lowest BCUT2D eigenvalue weighted by molar-refractivity contribution is 0.191. The van der Waals surface area contributed by atoms with Gasteiger partial charge >= 0.3 is 0 Å². The third-order valence-electron chi connectivity index (χ3n) is 3.75. The highest BCUT2D eigenvalue weighted by atomic mass is 16.5. The summed E-state index contributed by atoms with van der Waals surface area (Å²) in [5, 5.41) is 0. The molecule has 1 aliphatic carbocycles. The topological polar surface area (TPSA) is 9.23 Å². The average Bonchev–Trinajstić information content (AvgIpc) is 2.15. The summed E-state index contributed by atoms with van der Waals surface area (Å²) in [5.74, 6) is 1.60. The summed E-state index contributed by atoms with van der Waals surface area (Å²) in [6.07, 6.45) is 7.08. The van der Waals surface area contributed by atoms with Crippen LogP contribution in [-0.2, 0) is 4.74 Å². The van der Waals surface area contributed by atoms with Crippen LogP contribution in [0.1, 0.15) is 46.5 Å². The lowest BCUT2D eigenvalue weighted by Gasteiger charge is -2.38. The average molecular weight is 208 g/mol. The van der Waals surface area contributed by atoms with Crippen molar-refractivity contribution < 1.29 is 4.74 Å². The molecule has 1 unspecified atom stereocenters. The molecule has 0 spiro atoms. The fraction of sp³-hybridized carbons (Fsp3) is 0.714. The second kappa shape index (κ2) is 4.87. The molecular formula is C14H24O. The smallest absolute Gasteiger partial charge is 0.0884 e. The molecule has 1 rings (SSSR count). The molecule has 0 bridgehead atoms. The van der Waals surface area contributed by atoms with Crippen molar-refractivity contribution in [2.75, 3.05) is 7.11 Å². The maximum Gasteiger partial charge on any atom is 0.0884 e. The van der Waals surface area contributed by atoms with Gasteiger partial charge in [-0.25, -0.2) is 0 Å². The largest absolute Gasteiger partial charge is 0.502 e. The van der Waals surface area contributed by atoms with Crippen molar-refractivity contribution in [3.8, 4) is 0 Å². The molecule has 0 radical (unpaired) electrons. The normalized spacial score (nSPS) is 24.5. The summed E-state index contributed by atoms with van der Waals surface area (Å²) in [6.45, 7) is 10.9. The highest BCUT2D eigenvalue weighted by molar-refractivity contribution is 5.12. The minimum atomic E-state index is 0.437. The third-order valence-corrected chi connectivity index (χ3v) is 3.75. The molecule has 1 atom stereocenters. The first-order valence-electron chi connectivity index (χ1n) is 5.86. The van der Waals surface area contributed by atoms with Crippen molar-refractivity contribution >= 4 is 0 Å². The molecule has 1 nitrogen and oxygen atoms in total. The Morgan fingerprint density at radius 3 is 2.80 bits per heavy atom. The van der Waals surface area contributed by atoms with Crippen LogP contribution >= 0.6 is 0 Å². The molecule has 0 fully saturated rings. The van der Waals surface area contributed by atoms with E-state index in [-0.39, 0.29) is 0 Å². The number of rotatable bonds is 4. The zero-order chi connectivity index (χ0) is 11.5. The summed E-state index contributed by atoms with van der Waals surface area (Å²) in [4.78, 5) is 0. The molecule has 0 saturated carbocycles. The zero-order valence-electron chi connectivity index (χ0n) is 10.6. The second-order valence-electron chi connectivity index (χ2n) is 5.31. The van der Waals surface area contributed by atoms with Crippen LogP contribution in [0.15, 0.2) is 24.0 Å². The molecule has 86 valence electrons. The zero-order valence-corrected chi connectivity index (χ0v) is 10.6. The highest BCUT2D eigenvalue weighted by Crippen LogP contribution is 2.43. The molecule has 0 aromatic heterocycles. The van der Waals surface area contributed by atoms with Gasteiger partial charge in [0, 0.05) is 6.42 Å². The Morgan fingerprint density at radius 1 is 1.60 bits per heavy atom. The van der Waals surface area contributed by atoms with Crippen molar-refractivity contribution in [3.05, 3.63) is 24.0 Å². The Kier molecular flexibility index (Phi) is 4.01.